The van der Waals surface area contributed by atoms with Crippen LogP contribution in [0.15, 0.2) is 231 Å². The van der Waals surface area contributed by atoms with Gasteiger partial charge in [0.2, 0.25) is 0 Å². The molecule has 0 unspecified atom stereocenters. The zero-order valence-corrected chi connectivity index (χ0v) is 33.7. The maximum atomic E-state index is 5.29. The molecule has 0 saturated carbocycles. The van der Waals surface area contributed by atoms with Gasteiger partial charge in [-0.3, -0.25) is 0 Å². The second-order valence-electron chi connectivity index (χ2n) is 16.0. The third kappa shape index (κ3) is 5.65. The Hall–Kier alpha value is -8.21. The molecule has 10 aromatic rings. The summed E-state index contributed by atoms with van der Waals surface area (Å²) in [6.07, 6.45) is 0. The first-order valence-corrected chi connectivity index (χ1v) is 21.1. The molecular weight excluding hydrogens is 753 g/mol. The van der Waals surface area contributed by atoms with E-state index in [1.807, 2.05) is 12.1 Å². The van der Waals surface area contributed by atoms with Crippen molar-refractivity contribution in [3.63, 3.8) is 0 Å². The van der Waals surface area contributed by atoms with Crippen molar-refractivity contribution in [2.24, 2.45) is 0 Å². The van der Waals surface area contributed by atoms with E-state index >= 15 is 0 Å². The highest BCUT2D eigenvalue weighted by molar-refractivity contribution is 5.96. The van der Waals surface area contributed by atoms with Gasteiger partial charge in [-0.2, -0.15) is 0 Å². The average Bonchev–Trinajstić information content (AvgIpc) is 3.65. The summed E-state index contributed by atoms with van der Waals surface area (Å²) >= 11 is 0. The summed E-state index contributed by atoms with van der Waals surface area (Å²) in [7, 11) is 0. The molecule has 1 aliphatic carbocycles. The van der Waals surface area contributed by atoms with Gasteiger partial charge in [0.1, 0.15) is 0 Å². The Balaban J connectivity index is 1.06. The fourth-order valence-electron chi connectivity index (χ4n) is 9.75. The molecule has 4 nitrogen and oxygen atoms in total. The predicted octanol–water partition coefficient (Wildman–Crippen LogP) is 14.4. The molecule has 1 aromatic heterocycles. The van der Waals surface area contributed by atoms with Crippen LogP contribution in [0.1, 0.15) is 22.3 Å². The first kappa shape index (κ1) is 35.7. The second-order valence-corrected chi connectivity index (χ2v) is 16.0. The standard InChI is InChI=1S/C58H38N4/c1-4-16-39(17-5-1)41-28-32-43(33-29-41)55-59-56(44-34-30-42(31-35-44)40-18-6-2-7-19-40)61-57(60-55)45-36-37-48-47-22-10-11-23-49(47)58(52(48)38-45)50-24-12-14-26-53(50)62(46-20-8-3-9-21-46)54-27-15-13-25-51(54)58/h1-38H. The van der Waals surface area contributed by atoms with E-state index in [2.05, 4.69) is 223 Å². The maximum Gasteiger partial charge on any atom is 0.164 e. The summed E-state index contributed by atoms with van der Waals surface area (Å²) in [5, 5.41) is 0. The monoisotopic (exact) mass is 790 g/mol. The third-order valence-electron chi connectivity index (χ3n) is 12.6. The summed E-state index contributed by atoms with van der Waals surface area (Å²) in [4.78, 5) is 18.1. The van der Waals surface area contributed by atoms with Gasteiger partial charge in [0.05, 0.1) is 16.8 Å². The molecule has 0 amide bonds. The smallest absolute Gasteiger partial charge is 0.164 e. The summed E-state index contributed by atoms with van der Waals surface area (Å²) in [6.45, 7) is 0. The van der Waals surface area contributed by atoms with Crippen LogP contribution in [0.5, 0.6) is 0 Å². The van der Waals surface area contributed by atoms with E-state index in [0.717, 1.165) is 44.9 Å². The van der Waals surface area contributed by atoms with Gasteiger partial charge >= 0.3 is 0 Å². The number of para-hydroxylation sites is 3. The lowest BCUT2D eigenvalue weighted by molar-refractivity contribution is 0.753. The van der Waals surface area contributed by atoms with Crippen LogP contribution in [0.4, 0.5) is 17.1 Å². The molecule has 1 spiro atoms. The van der Waals surface area contributed by atoms with E-state index in [9.17, 15) is 0 Å². The Morgan fingerprint density at radius 1 is 0.274 bits per heavy atom. The van der Waals surface area contributed by atoms with Gasteiger partial charge in [-0.15, -0.1) is 0 Å². The van der Waals surface area contributed by atoms with Crippen molar-refractivity contribution in [1.82, 2.24) is 15.0 Å². The van der Waals surface area contributed by atoms with Crippen molar-refractivity contribution >= 4 is 17.1 Å². The van der Waals surface area contributed by atoms with Crippen LogP contribution in [0.2, 0.25) is 0 Å². The Kier molecular flexibility index (Phi) is 8.36. The van der Waals surface area contributed by atoms with Crippen LogP contribution < -0.4 is 4.90 Å². The quantitative estimate of drug-likeness (QED) is 0.168. The first-order valence-electron chi connectivity index (χ1n) is 21.1. The molecule has 0 atom stereocenters. The van der Waals surface area contributed by atoms with Crippen LogP contribution in [0, 0.1) is 0 Å². The van der Waals surface area contributed by atoms with E-state index in [1.54, 1.807) is 0 Å². The number of hydrogen-bond donors (Lipinski definition) is 0. The highest BCUT2D eigenvalue weighted by Gasteiger charge is 2.51. The van der Waals surface area contributed by atoms with Gasteiger partial charge in [0.15, 0.2) is 17.5 Å². The molecule has 0 saturated heterocycles. The number of anilines is 3. The maximum absolute atomic E-state index is 5.29. The van der Waals surface area contributed by atoms with Crippen LogP contribution in [0.25, 0.3) is 67.5 Å². The lowest BCUT2D eigenvalue weighted by Gasteiger charge is -2.45. The number of fused-ring (bicyclic) bond motifs is 9. The van der Waals surface area contributed by atoms with Gasteiger partial charge in [-0.05, 0) is 86.0 Å². The molecular formula is C58H38N4. The molecule has 0 radical (unpaired) electrons. The van der Waals surface area contributed by atoms with Crippen molar-refractivity contribution in [3.8, 4) is 67.5 Å². The molecule has 9 aromatic carbocycles. The summed E-state index contributed by atoms with van der Waals surface area (Å²) in [5.41, 5.74) is 17.7. The zero-order valence-electron chi connectivity index (χ0n) is 33.7. The molecule has 0 N–H and O–H groups in total. The van der Waals surface area contributed by atoms with Gasteiger partial charge in [-0.1, -0.05) is 200 Å². The Labute approximate surface area is 361 Å². The van der Waals surface area contributed by atoms with Crippen molar-refractivity contribution < 1.29 is 0 Å². The molecule has 0 bridgehead atoms. The van der Waals surface area contributed by atoms with Crippen molar-refractivity contribution in [1.29, 1.82) is 0 Å². The fourth-order valence-corrected chi connectivity index (χ4v) is 9.75. The Bertz CT molecular complexity index is 3120. The summed E-state index contributed by atoms with van der Waals surface area (Å²) < 4.78 is 0. The van der Waals surface area contributed by atoms with E-state index in [0.29, 0.717) is 17.5 Å². The Morgan fingerprint density at radius 3 is 1.18 bits per heavy atom. The molecule has 62 heavy (non-hydrogen) atoms. The highest BCUT2D eigenvalue weighted by atomic mass is 15.2. The summed E-state index contributed by atoms with van der Waals surface area (Å²) in [5.74, 6) is 1.88. The van der Waals surface area contributed by atoms with Gasteiger partial charge < -0.3 is 4.90 Å². The number of rotatable bonds is 6. The lowest BCUT2D eigenvalue weighted by atomic mass is 9.64. The van der Waals surface area contributed by atoms with Crippen LogP contribution in [-0.2, 0) is 5.41 Å². The fraction of sp³-hybridized carbons (Fsp3) is 0.0172. The third-order valence-corrected chi connectivity index (χ3v) is 12.6. The van der Waals surface area contributed by atoms with E-state index in [-0.39, 0.29) is 0 Å². The molecule has 12 rings (SSSR count). The van der Waals surface area contributed by atoms with E-state index < -0.39 is 5.41 Å². The normalized spacial score (nSPS) is 12.9. The first-order chi connectivity index (χ1) is 30.7. The SMILES string of the molecule is c1ccc(-c2ccc(-c3nc(-c4ccc(-c5ccccc5)cc4)nc(-c4ccc5c(c4)C4(c6ccccc6-5)c5ccccc5N(c5ccccc5)c5ccccc54)n3)cc2)cc1. The van der Waals surface area contributed by atoms with Crippen molar-refractivity contribution in [2.45, 2.75) is 5.41 Å². The Morgan fingerprint density at radius 2 is 0.645 bits per heavy atom. The predicted molar refractivity (Wildman–Crippen MR) is 253 cm³/mol. The number of aromatic nitrogens is 3. The number of benzene rings is 9. The van der Waals surface area contributed by atoms with E-state index in [1.165, 1.54) is 44.5 Å². The molecule has 4 heteroatoms. The molecule has 290 valence electrons. The van der Waals surface area contributed by atoms with E-state index in [4.69, 9.17) is 15.0 Å². The van der Waals surface area contributed by atoms with Crippen LogP contribution in [-0.4, -0.2) is 15.0 Å². The van der Waals surface area contributed by atoms with Gasteiger partial charge in [0.25, 0.3) is 0 Å². The second kappa shape index (κ2) is 14.5. The zero-order chi connectivity index (χ0) is 41.0. The minimum Gasteiger partial charge on any atom is -0.310 e. The van der Waals surface area contributed by atoms with Crippen molar-refractivity contribution in [2.75, 3.05) is 4.90 Å². The minimum absolute atomic E-state index is 0.598. The molecule has 0 fully saturated rings. The molecule has 2 aliphatic rings. The average molecular weight is 791 g/mol. The topological polar surface area (TPSA) is 41.9 Å². The number of hydrogen-bond acceptors (Lipinski definition) is 4. The molecule has 1 aliphatic heterocycles. The summed E-state index contributed by atoms with van der Waals surface area (Å²) in [6, 6.07) is 82.2. The van der Waals surface area contributed by atoms with Gasteiger partial charge in [-0.25, -0.2) is 15.0 Å². The van der Waals surface area contributed by atoms with Crippen molar-refractivity contribution in [3.05, 3.63) is 253 Å². The highest BCUT2D eigenvalue weighted by Crippen LogP contribution is 2.63. The van der Waals surface area contributed by atoms with Gasteiger partial charge in [0, 0.05) is 22.4 Å². The largest absolute Gasteiger partial charge is 0.310 e. The number of nitrogens with zero attached hydrogens (tertiary/aromatic N) is 4. The van der Waals surface area contributed by atoms with Crippen LogP contribution >= 0.6 is 0 Å². The lowest BCUT2D eigenvalue weighted by Crippen LogP contribution is -2.36. The molecule has 2 heterocycles. The minimum atomic E-state index is -0.598. The van der Waals surface area contributed by atoms with Crippen LogP contribution in [0.3, 0.4) is 0 Å².